The Labute approximate surface area is 419 Å². The van der Waals surface area contributed by atoms with E-state index in [0.29, 0.717) is 171 Å². The third-order valence-corrected chi connectivity index (χ3v) is 9.13. The molecule has 0 bridgehead atoms. The van der Waals surface area contributed by atoms with Gasteiger partial charge in [0.05, 0.1) is 132 Å². The maximum atomic E-state index is 13.1. The van der Waals surface area contributed by atoms with Crippen molar-refractivity contribution < 1.29 is 71.5 Å². The molecule has 0 radical (unpaired) electrons. The number of nitrogens with two attached hydrogens (primary N) is 1. The molecule has 0 heterocycles. The van der Waals surface area contributed by atoms with Crippen molar-refractivity contribution in [1.29, 1.82) is 0 Å². The lowest BCUT2D eigenvalue weighted by Gasteiger charge is -2.27. The van der Waals surface area contributed by atoms with Crippen LogP contribution in [0.25, 0.3) is 0 Å². The predicted molar refractivity (Wildman–Crippen MR) is 262 cm³/mol. The molecule has 0 aromatic rings. The smallest absolute Gasteiger partial charge is 0.234 e. The average molecular weight is 1030 g/mol. The lowest BCUT2D eigenvalue weighted by Crippen LogP contribution is -2.48. The summed E-state index contributed by atoms with van der Waals surface area (Å²) in [5.74, 6) is -1.30. The fraction of sp³-hybridized carbons (Fsp3) is 0.841. The molecule has 11 N–H and O–H groups in total. The van der Waals surface area contributed by atoms with E-state index in [4.69, 9.17) is 43.6 Å². The fourth-order valence-electron chi connectivity index (χ4n) is 5.66. The summed E-state index contributed by atoms with van der Waals surface area (Å²) in [6.07, 6.45) is 0. The van der Waals surface area contributed by atoms with Gasteiger partial charge in [-0.1, -0.05) is 0 Å². The number of nitrogens with zero attached hydrogens (tertiary/aromatic N) is 2. The van der Waals surface area contributed by atoms with Gasteiger partial charge in [-0.25, -0.2) is 0 Å². The minimum absolute atomic E-state index is 0.0334. The number of rotatable bonds is 52. The average Bonchev–Trinajstić information content (AvgIpc) is 3.32. The van der Waals surface area contributed by atoms with Gasteiger partial charge in [-0.3, -0.25) is 43.4 Å². The first-order valence-electron chi connectivity index (χ1n) is 24.4. The second-order valence-corrected chi connectivity index (χ2v) is 15.4. The first kappa shape index (κ1) is 66.8. The summed E-state index contributed by atoms with van der Waals surface area (Å²) >= 11 is 0. The molecule has 0 spiro atoms. The molecule has 0 saturated carbocycles. The number of carbonyl (C=O) groups excluding carboxylic acids is 7. The molecule has 27 nitrogen and oxygen atoms in total. The number of nitrogens with one attached hydrogen (secondary N) is 9. The van der Waals surface area contributed by atoms with Gasteiger partial charge in [0, 0.05) is 112 Å². The van der Waals surface area contributed by atoms with Crippen molar-refractivity contribution in [2.45, 2.75) is 20.8 Å². The van der Waals surface area contributed by atoms with Gasteiger partial charge in [0.2, 0.25) is 41.4 Å². The molecule has 0 unspecified atom stereocenters. The quantitative estimate of drug-likeness (QED) is 0.0254. The van der Waals surface area contributed by atoms with Crippen molar-refractivity contribution in [2.75, 3.05) is 224 Å². The third kappa shape index (κ3) is 51.9. The first-order valence-corrected chi connectivity index (χ1v) is 24.4. The Morgan fingerprint density at radius 2 is 0.577 bits per heavy atom. The molecule has 71 heavy (non-hydrogen) atoms. The maximum Gasteiger partial charge on any atom is 0.234 e. The summed E-state index contributed by atoms with van der Waals surface area (Å²) in [6, 6.07) is 0. The van der Waals surface area contributed by atoms with Crippen molar-refractivity contribution in [1.82, 2.24) is 57.7 Å². The van der Waals surface area contributed by atoms with E-state index in [9.17, 15) is 33.6 Å². The zero-order valence-corrected chi connectivity index (χ0v) is 42.6. The minimum Gasteiger partial charge on any atom is -0.378 e. The topological polar surface area (TPSA) is 334 Å². The Morgan fingerprint density at radius 3 is 0.845 bits per heavy atom. The van der Waals surface area contributed by atoms with Gasteiger partial charge < -0.3 is 91.5 Å². The van der Waals surface area contributed by atoms with Crippen LogP contribution in [0.2, 0.25) is 0 Å². The van der Waals surface area contributed by atoms with Crippen LogP contribution in [-0.2, 0) is 71.5 Å². The van der Waals surface area contributed by atoms with Gasteiger partial charge in [-0.15, -0.1) is 0 Å². The molecule has 0 atom stereocenters. The molecular formula is C44H88N12O15. The summed E-state index contributed by atoms with van der Waals surface area (Å²) < 4.78 is 43.5. The van der Waals surface area contributed by atoms with E-state index in [1.807, 2.05) is 9.80 Å². The van der Waals surface area contributed by atoms with E-state index in [2.05, 4.69) is 47.9 Å². The Kier molecular flexibility index (Phi) is 47.7. The summed E-state index contributed by atoms with van der Waals surface area (Å²) in [5, 5.41) is 25.5. The second kappa shape index (κ2) is 50.7. The molecule has 0 fully saturated rings. The zero-order valence-electron chi connectivity index (χ0n) is 42.6. The lowest BCUT2D eigenvalue weighted by atomic mass is 10.3. The van der Waals surface area contributed by atoms with Crippen LogP contribution in [0, 0.1) is 0 Å². The summed E-state index contributed by atoms with van der Waals surface area (Å²) in [7, 11) is 0. The van der Waals surface area contributed by atoms with Crippen molar-refractivity contribution in [3.8, 4) is 0 Å². The highest BCUT2D eigenvalue weighted by Gasteiger charge is 2.16. The van der Waals surface area contributed by atoms with Crippen molar-refractivity contribution in [3.63, 3.8) is 0 Å². The monoisotopic (exact) mass is 1020 g/mol. The Morgan fingerprint density at radius 1 is 0.324 bits per heavy atom. The van der Waals surface area contributed by atoms with Crippen LogP contribution >= 0.6 is 0 Å². The first-order chi connectivity index (χ1) is 34.4. The second-order valence-electron chi connectivity index (χ2n) is 15.4. The predicted octanol–water partition coefficient (Wildman–Crippen LogP) is -6.27. The number of hydrogen-bond donors (Lipinski definition) is 10. The maximum absolute atomic E-state index is 13.1. The van der Waals surface area contributed by atoms with E-state index in [1.54, 1.807) is 0 Å². The highest BCUT2D eigenvalue weighted by Crippen LogP contribution is 1.95. The molecule has 0 aliphatic carbocycles. The van der Waals surface area contributed by atoms with E-state index in [1.165, 1.54) is 20.8 Å². The standard InChI is InChI=1S/C44H88N12O15/c1-38(57)48-7-19-65-28-31-69-23-11-52-42(61)35-47-6-15-56(37-44(63)54-13-25-71-33-30-67-21-9-50-40(3)59)17-16-55(14-5-46-34-41(60)51-10-22-68-27-26-64-18-4-45)36-43(62)53-12-24-70-32-29-66-20-8-49-39(2)58/h46-47H,4-37,45H2,1-3H3,(H,48,57)(H,49,58)(H,50,59)(H,51,60)(H,52,61)(H,53,62)(H,54,63). The Hall–Kier alpha value is -4.23. The fourth-order valence-corrected chi connectivity index (χ4v) is 5.66. The highest BCUT2D eigenvalue weighted by molar-refractivity contribution is 5.79. The summed E-state index contributed by atoms with van der Waals surface area (Å²) in [5.41, 5.74) is 5.40. The van der Waals surface area contributed by atoms with Crippen molar-refractivity contribution >= 4 is 41.4 Å². The molecule has 0 saturated heterocycles. The van der Waals surface area contributed by atoms with Gasteiger partial charge in [0.15, 0.2) is 0 Å². The largest absolute Gasteiger partial charge is 0.378 e. The van der Waals surface area contributed by atoms with Gasteiger partial charge in [-0.2, -0.15) is 0 Å². The molecule has 0 aliphatic rings. The third-order valence-electron chi connectivity index (χ3n) is 9.13. The van der Waals surface area contributed by atoms with Crippen LogP contribution in [0.3, 0.4) is 0 Å². The van der Waals surface area contributed by atoms with Crippen LogP contribution in [0.1, 0.15) is 20.8 Å². The summed E-state index contributed by atoms with van der Waals surface area (Å²) in [6.45, 7) is 15.2. The lowest BCUT2D eigenvalue weighted by molar-refractivity contribution is -0.124. The molecule has 0 aliphatic heterocycles. The normalized spacial score (nSPS) is 11.1. The highest BCUT2D eigenvalue weighted by atomic mass is 16.5. The van der Waals surface area contributed by atoms with Gasteiger partial charge in [-0.05, 0) is 0 Å². The molecule has 414 valence electrons. The number of amides is 7. The Bertz CT molecular complexity index is 1380. The molecular weight excluding hydrogens is 937 g/mol. The van der Waals surface area contributed by atoms with Crippen molar-refractivity contribution in [3.05, 3.63) is 0 Å². The zero-order chi connectivity index (χ0) is 52.3. The van der Waals surface area contributed by atoms with Gasteiger partial charge in [0.1, 0.15) is 0 Å². The molecule has 27 heteroatoms. The SMILES string of the molecule is CC(=O)NCCOCCOCCNC(=O)CNCCN(CCN(CCNCC(=O)NCCOCCOCCN)CC(=O)NCCOCCOCCNC(C)=O)CC(=O)NCCOCCOCCNC(C)=O. The molecule has 0 aromatic carbocycles. The van der Waals surface area contributed by atoms with Crippen LogP contribution in [0.15, 0.2) is 0 Å². The van der Waals surface area contributed by atoms with E-state index < -0.39 is 0 Å². The van der Waals surface area contributed by atoms with Gasteiger partial charge >= 0.3 is 0 Å². The van der Waals surface area contributed by atoms with Crippen LogP contribution in [0.4, 0.5) is 0 Å². The van der Waals surface area contributed by atoms with E-state index in [0.717, 1.165) is 0 Å². The Balaban J connectivity index is 5.23. The molecule has 7 amide bonds. The van der Waals surface area contributed by atoms with Crippen LogP contribution in [-0.4, -0.2) is 275 Å². The number of hydrogen-bond acceptors (Lipinski definition) is 20. The van der Waals surface area contributed by atoms with Gasteiger partial charge in [0.25, 0.3) is 0 Å². The summed E-state index contributed by atoms with van der Waals surface area (Å²) in [4.78, 5) is 87.9. The van der Waals surface area contributed by atoms with E-state index >= 15 is 0 Å². The van der Waals surface area contributed by atoms with Crippen LogP contribution in [0.5, 0.6) is 0 Å². The number of ether oxygens (including phenoxy) is 8. The van der Waals surface area contributed by atoms with Crippen molar-refractivity contribution in [2.24, 2.45) is 5.73 Å². The number of carbonyl (C=O) groups is 7. The van der Waals surface area contributed by atoms with E-state index in [-0.39, 0.29) is 93.8 Å². The van der Waals surface area contributed by atoms with Crippen LogP contribution < -0.4 is 53.6 Å². The molecule has 0 rings (SSSR count). The molecule has 0 aromatic heterocycles. The minimum atomic E-state index is -0.239.